The fourth-order valence-corrected chi connectivity index (χ4v) is 2.97. The number of carbonyl (C=O) groups is 1. The summed E-state index contributed by atoms with van der Waals surface area (Å²) >= 11 is 0. The van der Waals surface area contributed by atoms with E-state index in [1.54, 1.807) is 0 Å². The Morgan fingerprint density at radius 2 is 1.89 bits per heavy atom. The van der Waals surface area contributed by atoms with Crippen LogP contribution in [0.25, 0.3) is 0 Å². The molecule has 4 heteroatoms. The normalized spacial score (nSPS) is 28.0. The standard InChI is InChI=1S/C15H31N3O/c1-6-18(13(19)17-14(3,4)5)15(11-16)9-7-12(2)8-10-15/h12H,6-11,16H2,1-5H3,(H,17,19). The molecule has 1 rings (SSSR count). The van der Waals surface area contributed by atoms with E-state index in [-0.39, 0.29) is 17.1 Å². The average molecular weight is 269 g/mol. The Morgan fingerprint density at radius 3 is 2.26 bits per heavy atom. The van der Waals surface area contributed by atoms with Crippen LogP contribution in [-0.4, -0.2) is 35.1 Å². The van der Waals surface area contributed by atoms with Crippen LogP contribution in [0.5, 0.6) is 0 Å². The molecule has 0 unspecified atom stereocenters. The lowest BCUT2D eigenvalue weighted by molar-refractivity contribution is 0.0718. The van der Waals surface area contributed by atoms with E-state index in [9.17, 15) is 4.79 Å². The van der Waals surface area contributed by atoms with Gasteiger partial charge in [-0.25, -0.2) is 4.79 Å². The Kier molecular flexibility index (Phi) is 5.25. The molecule has 4 nitrogen and oxygen atoms in total. The minimum atomic E-state index is -0.206. The van der Waals surface area contributed by atoms with Gasteiger partial charge in [-0.3, -0.25) is 0 Å². The zero-order valence-electron chi connectivity index (χ0n) is 13.3. The summed E-state index contributed by atoms with van der Waals surface area (Å²) in [5, 5.41) is 3.07. The van der Waals surface area contributed by atoms with Gasteiger partial charge in [0.25, 0.3) is 0 Å². The van der Waals surface area contributed by atoms with Crippen molar-refractivity contribution < 1.29 is 4.79 Å². The molecule has 0 spiro atoms. The molecule has 0 aliphatic heterocycles. The number of likely N-dealkylation sites (N-methyl/N-ethyl adjacent to an activating group) is 1. The van der Waals surface area contributed by atoms with Crippen LogP contribution < -0.4 is 11.1 Å². The van der Waals surface area contributed by atoms with Gasteiger partial charge >= 0.3 is 6.03 Å². The smallest absolute Gasteiger partial charge is 0.318 e. The molecule has 0 atom stereocenters. The zero-order valence-corrected chi connectivity index (χ0v) is 13.3. The van der Waals surface area contributed by atoms with Crippen molar-refractivity contribution in [2.45, 2.75) is 71.4 Å². The van der Waals surface area contributed by atoms with Gasteiger partial charge in [-0.2, -0.15) is 0 Å². The quantitative estimate of drug-likeness (QED) is 0.827. The molecule has 19 heavy (non-hydrogen) atoms. The third kappa shape index (κ3) is 4.10. The second-order valence-corrected chi connectivity index (χ2v) is 7.04. The van der Waals surface area contributed by atoms with Gasteiger partial charge in [0, 0.05) is 18.6 Å². The summed E-state index contributed by atoms with van der Waals surface area (Å²) in [6.45, 7) is 11.6. The molecular formula is C15H31N3O. The highest BCUT2D eigenvalue weighted by atomic mass is 16.2. The first kappa shape index (κ1) is 16.3. The highest BCUT2D eigenvalue weighted by Crippen LogP contribution is 2.35. The number of hydrogen-bond acceptors (Lipinski definition) is 2. The number of hydrogen-bond donors (Lipinski definition) is 2. The van der Waals surface area contributed by atoms with E-state index in [1.807, 2.05) is 32.6 Å². The molecule has 0 aromatic heterocycles. The van der Waals surface area contributed by atoms with Crippen molar-refractivity contribution in [2.24, 2.45) is 11.7 Å². The first-order valence-corrected chi connectivity index (χ1v) is 7.54. The number of nitrogens with one attached hydrogen (secondary N) is 1. The lowest BCUT2D eigenvalue weighted by atomic mass is 9.76. The minimum Gasteiger partial charge on any atom is -0.333 e. The topological polar surface area (TPSA) is 58.4 Å². The Morgan fingerprint density at radius 1 is 1.37 bits per heavy atom. The van der Waals surface area contributed by atoms with Crippen molar-refractivity contribution >= 4 is 6.03 Å². The van der Waals surface area contributed by atoms with Gasteiger partial charge in [-0.15, -0.1) is 0 Å². The Balaban J connectivity index is 2.84. The van der Waals surface area contributed by atoms with Crippen molar-refractivity contribution in [3.05, 3.63) is 0 Å². The summed E-state index contributed by atoms with van der Waals surface area (Å²) in [6, 6.07) is 0.0232. The van der Waals surface area contributed by atoms with Gasteiger partial charge in [-0.05, 0) is 59.3 Å². The van der Waals surface area contributed by atoms with Crippen LogP contribution in [-0.2, 0) is 0 Å². The first-order chi connectivity index (χ1) is 8.74. The Bertz CT molecular complexity index is 301. The Hall–Kier alpha value is -0.770. The SMILES string of the molecule is CCN(C(=O)NC(C)(C)C)C1(CN)CCC(C)CC1. The maximum atomic E-state index is 12.5. The first-order valence-electron chi connectivity index (χ1n) is 7.54. The fourth-order valence-electron chi connectivity index (χ4n) is 2.97. The van der Waals surface area contributed by atoms with E-state index < -0.39 is 0 Å². The van der Waals surface area contributed by atoms with Crippen LogP contribution in [0.1, 0.15) is 60.3 Å². The largest absolute Gasteiger partial charge is 0.333 e. The number of rotatable bonds is 3. The molecular weight excluding hydrogens is 238 g/mol. The average Bonchev–Trinajstić information content (AvgIpc) is 2.30. The van der Waals surface area contributed by atoms with Crippen LogP contribution in [0.3, 0.4) is 0 Å². The van der Waals surface area contributed by atoms with Crippen molar-refractivity contribution in [1.82, 2.24) is 10.2 Å². The van der Waals surface area contributed by atoms with E-state index in [1.165, 1.54) is 0 Å². The third-order valence-electron chi connectivity index (χ3n) is 4.20. The van der Waals surface area contributed by atoms with E-state index >= 15 is 0 Å². The molecule has 2 amide bonds. The van der Waals surface area contributed by atoms with Gasteiger partial charge in [-0.1, -0.05) is 6.92 Å². The van der Waals surface area contributed by atoms with Crippen LogP contribution in [0.15, 0.2) is 0 Å². The van der Waals surface area contributed by atoms with Crippen LogP contribution in [0, 0.1) is 5.92 Å². The lowest BCUT2D eigenvalue weighted by Gasteiger charge is -2.47. The number of nitrogens with two attached hydrogens (primary N) is 1. The van der Waals surface area contributed by atoms with E-state index in [0.29, 0.717) is 13.1 Å². The highest BCUT2D eigenvalue weighted by Gasteiger charge is 2.40. The molecule has 1 aliphatic rings. The summed E-state index contributed by atoms with van der Waals surface area (Å²) in [6.07, 6.45) is 4.37. The summed E-state index contributed by atoms with van der Waals surface area (Å²) in [5.74, 6) is 0.754. The molecule has 1 saturated carbocycles. The van der Waals surface area contributed by atoms with Crippen LogP contribution in [0.4, 0.5) is 4.79 Å². The predicted octanol–water partition coefficient (Wildman–Crippen LogP) is 2.72. The molecule has 0 saturated heterocycles. The maximum Gasteiger partial charge on any atom is 0.318 e. The highest BCUT2D eigenvalue weighted by molar-refractivity contribution is 5.76. The van der Waals surface area contributed by atoms with Gasteiger partial charge < -0.3 is 16.0 Å². The summed E-state index contributed by atoms with van der Waals surface area (Å²) in [7, 11) is 0. The predicted molar refractivity (Wildman–Crippen MR) is 80.1 cm³/mol. The molecule has 0 bridgehead atoms. The van der Waals surface area contributed by atoms with Gasteiger partial charge in [0.1, 0.15) is 0 Å². The van der Waals surface area contributed by atoms with Gasteiger partial charge in [0.2, 0.25) is 0 Å². The summed E-state index contributed by atoms with van der Waals surface area (Å²) < 4.78 is 0. The number of carbonyl (C=O) groups excluding carboxylic acids is 1. The van der Waals surface area contributed by atoms with E-state index in [4.69, 9.17) is 5.73 Å². The Labute approximate surface area is 118 Å². The van der Waals surface area contributed by atoms with Crippen molar-refractivity contribution in [2.75, 3.05) is 13.1 Å². The summed E-state index contributed by atoms with van der Waals surface area (Å²) in [5.41, 5.74) is 5.69. The van der Waals surface area contributed by atoms with Gasteiger partial charge in [0.05, 0.1) is 5.54 Å². The molecule has 1 aliphatic carbocycles. The van der Waals surface area contributed by atoms with Crippen molar-refractivity contribution in [3.8, 4) is 0 Å². The molecule has 0 heterocycles. The molecule has 0 aromatic rings. The molecule has 1 fully saturated rings. The van der Waals surface area contributed by atoms with Crippen LogP contribution >= 0.6 is 0 Å². The monoisotopic (exact) mass is 269 g/mol. The molecule has 3 N–H and O–H groups in total. The zero-order chi connectivity index (χ0) is 14.7. The number of amides is 2. The maximum absolute atomic E-state index is 12.5. The van der Waals surface area contributed by atoms with E-state index in [2.05, 4.69) is 12.2 Å². The fraction of sp³-hybridized carbons (Fsp3) is 0.933. The number of urea groups is 1. The second kappa shape index (κ2) is 6.12. The van der Waals surface area contributed by atoms with Crippen molar-refractivity contribution in [3.63, 3.8) is 0 Å². The summed E-state index contributed by atoms with van der Waals surface area (Å²) in [4.78, 5) is 14.5. The molecule has 0 radical (unpaired) electrons. The number of nitrogens with zero attached hydrogens (tertiary/aromatic N) is 1. The molecule has 112 valence electrons. The van der Waals surface area contributed by atoms with E-state index in [0.717, 1.165) is 31.6 Å². The third-order valence-corrected chi connectivity index (χ3v) is 4.20. The minimum absolute atomic E-state index is 0.0232. The van der Waals surface area contributed by atoms with Crippen LogP contribution in [0.2, 0.25) is 0 Å². The van der Waals surface area contributed by atoms with Crippen molar-refractivity contribution in [1.29, 1.82) is 0 Å². The molecule has 0 aromatic carbocycles. The second-order valence-electron chi connectivity index (χ2n) is 7.04. The van der Waals surface area contributed by atoms with Gasteiger partial charge in [0.15, 0.2) is 0 Å². The lowest BCUT2D eigenvalue weighted by Crippen LogP contribution is -2.62.